The van der Waals surface area contributed by atoms with Crippen LogP contribution in [0.3, 0.4) is 0 Å². The third-order valence-corrected chi connectivity index (χ3v) is 5.47. The molecule has 1 aromatic rings. The Balaban J connectivity index is 2.15. The third kappa shape index (κ3) is 1.51. The molecule has 96 valence electrons. The first-order valence-corrected chi connectivity index (χ1v) is 6.95. The van der Waals surface area contributed by atoms with Gasteiger partial charge in [0.2, 0.25) is 5.91 Å². The molecular weight excluding hydrogens is 222 g/mol. The molecule has 1 aromatic carbocycles. The van der Waals surface area contributed by atoms with Crippen molar-refractivity contribution in [1.82, 2.24) is 0 Å². The zero-order chi connectivity index (χ0) is 12.9. The minimum absolute atomic E-state index is 0.238. The fourth-order valence-electron chi connectivity index (χ4n) is 4.11. The number of primary amides is 1. The summed E-state index contributed by atoms with van der Waals surface area (Å²) in [5, 5.41) is 0. The van der Waals surface area contributed by atoms with Crippen molar-refractivity contribution in [3.8, 4) is 0 Å². The number of carbonyl (C=O) groups is 1. The quantitative estimate of drug-likeness (QED) is 0.809. The van der Waals surface area contributed by atoms with Gasteiger partial charge in [-0.2, -0.15) is 0 Å². The first-order valence-electron chi connectivity index (χ1n) is 6.95. The normalized spacial score (nSPS) is 33.9. The molecule has 0 unspecified atom stereocenters. The molecular formula is C16H21NO. The zero-order valence-corrected chi connectivity index (χ0v) is 11.2. The van der Waals surface area contributed by atoms with Gasteiger partial charge >= 0.3 is 0 Å². The second-order valence-electron chi connectivity index (χ2n) is 6.30. The number of carbonyl (C=O) groups excluding carboxylic acids is 1. The van der Waals surface area contributed by atoms with E-state index in [1.165, 1.54) is 36.8 Å². The van der Waals surface area contributed by atoms with E-state index in [1.54, 1.807) is 0 Å². The Labute approximate surface area is 109 Å². The van der Waals surface area contributed by atoms with E-state index in [9.17, 15) is 4.79 Å². The summed E-state index contributed by atoms with van der Waals surface area (Å²) < 4.78 is 0. The van der Waals surface area contributed by atoms with Crippen molar-refractivity contribution >= 4 is 5.91 Å². The van der Waals surface area contributed by atoms with Crippen LogP contribution in [-0.4, -0.2) is 5.91 Å². The van der Waals surface area contributed by atoms with Crippen LogP contribution >= 0.6 is 0 Å². The van der Waals surface area contributed by atoms with Gasteiger partial charge in [-0.1, -0.05) is 26.3 Å². The van der Waals surface area contributed by atoms with Gasteiger partial charge < -0.3 is 5.73 Å². The maximum absolute atomic E-state index is 11.4. The van der Waals surface area contributed by atoms with E-state index in [4.69, 9.17) is 5.73 Å². The Hall–Kier alpha value is -1.31. The van der Waals surface area contributed by atoms with E-state index in [2.05, 4.69) is 26.0 Å². The summed E-state index contributed by atoms with van der Waals surface area (Å²) in [5.41, 5.74) is 9.12. The van der Waals surface area contributed by atoms with E-state index >= 15 is 0 Å². The predicted octanol–water partition coefficient (Wildman–Crippen LogP) is 3.04. The second kappa shape index (κ2) is 3.84. The molecule has 3 rings (SSSR count). The summed E-state index contributed by atoms with van der Waals surface area (Å²) in [6, 6.07) is 6.06. The van der Waals surface area contributed by atoms with E-state index < -0.39 is 0 Å². The van der Waals surface area contributed by atoms with Crippen molar-refractivity contribution in [3.05, 3.63) is 34.9 Å². The van der Waals surface area contributed by atoms with Crippen LogP contribution in [0, 0.1) is 11.8 Å². The van der Waals surface area contributed by atoms with Gasteiger partial charge in [-0.25, -0.2) is 0 Å². The minimum Gasteiger partial charge on any atom is -0.366 e. The van der Waals surface area contributed by atoms with Crippen molar-refractivity contribution in [1.29, 1.82) is 0 Å². The van der Waals surface area contributed by atoms with Crippen LogP contribution in [0.2, 0.25) is 0 Å². The standard InChI is InChI=1S/C16H21NO/c1-10-11-4-3-7-16(10,2)14-9-13(15(17)18)6-5-12(14)8-11/h5-6,9-11H,3-4,7-8H2,1-2H3,(H2,17,18)/t10-,11+,16-/m0/s1. The van der Waals surface area contributed by atoms with Gasteiger partial charge in [-0.3, -0.25) is 4.79 Å². The lowest BCUT2D eigenvalue weighted by molar-refractivity contribution is 0.0998. The molecule has 1 fully saturated rings. The number of rotatable bonds is 1. The molecule has 0 aliphatic heterocycles. The first kappa shape index (κ1) is 11.8. The number of benzene rings is 1. The highest BCUT2D eigenvalue weighted by atomic mass is 16.1. The van der Waals surface area contributed by atoms with E-state index in [0.717, 1.165) is 5.92 Å². The van der Waals surface area contributed by atoms with Crippen molar-refractivity contribution in [2.45, 2.75) is 44.9 Å². The minimum atomic E-state index is -0.313. The lowest BCUT2D eigenvalue weighted by atomic mass is 9.54. The highest BCUT2D eigenvalue weighted by Gasteiger charge is 2.45. The van der Waals surface area contributed by atoms with Crippen LogP contribution in [0.1, 0.15) is 54.6 Å². The highest BCUT2D eigenvalue weighted by molar-refractivity contribution is 5.93. The monoisotopic (exact) mass is 243 g/mol. The van der Waals surface area contributed by atoms with Crippen LogP contribution in [-0.2, 0) is 11.8 Å². The van der Waals surface area contributed by atoms with E-state index in [0.29, 0.717) is 11.5 Å². The second-order valence-corrected chi connectivity index (χ2v) is 6.30. The van der Waals surface area contributed by atoms with E-state index in [1.807, 2.05) is 6.07 Å². The molecule has 0 aromatic heterocycles. The summed E-state index contributed by atoms with van der Waals surface area (Å²) in [7, 11) is 0. The van der Waals surface area contributed by atoms with Crippen LogP contribution in [0.5, 0.6) is 0 Å². The molecule has 2 aliphatic rings. The Morgan fingerprint density at radius 1 is 1.44 bits per heavy atom. The SMILES string of the molecule is C[C@H]1[C@@H]2CCC[C@]1(C)c1cc(C(N)=O)ccc1C2. The zero-order valence-electron chi connectivity index (χ0n) is 11.2. The summed E-state index contributed by atoms with van der Waals surface area (Å²) in [6.07, 6.45) is 5.07. The molecule has 2 aliphatic carbocycles. The molecule has 0 spiro atoms. The number of amides is 1. The summed E-state index contributed by atoms with van der Waals surface area (Å²) >= 11 is 0. The maximum Gasteiger partial charge on any atom is 0.248 e. The Kier molecular flexibility index (Phi) is 2.51. The van der Waals surface area contributed by atoms with Gasteiger partial charge in [-0.05, 0) is 59.8 Å². The fourth-order valence-corrected chi connectivity index (χ4v) is 4.11. The van der Waals surface area contributed by atoms with Crippen LogP contribution in [0.25, 0.3) is 0 Å². The molecule has 2 nitrogen and oxygen atoms in total. The maximum atomic E-state index is 11.4. The Morgan fingerprint density at radius 2 is 2.22 bits per heavy atom. The summed E-state index contributed by atoms with van der Waals surface area (Å²) in [5.74, 6) is 1.21. The van der Waals surface area contributed by atoms with Gasteiger partial charge in [-0.15, -0.1) is 0 Å². The lowest BCUT2D eigenvalue weighted by Gasteiger charge is -2.50. The average molecular weight is 243 g/mol. The highest BCUT2D eigenvalue weighted by Crippen LogP contribution is 2.52. The van der Waals surface area contributed by atoms with Crippen molar-refractivity contribution < 1.29 is 4.79 Å². The van der Waals surface area contributed by atoms with Crippen LogP contribution < -0.4 is 5.73 Å². The number of fused-ring (bicyclic) bond motifs is 4. The predicted molar refractivity (Wildman–Crippen MR) is 72.5 cm³/mol. The molecule has 2 N–H and O–H groups in total. The molecule has 2 heteroatoms. The van der Waals surface area contributed by atoms with Gasteiger partial charge in [0.05, 0.1) is 0 Å². The smallest absolute Gasteiger partial charge is 0.248 e. The largest absolute Gasteiger partial charge is 0.366 e. The molecule has 1 saturated carbocycles. The molecule has 2 bridgehead atoms. The molecule has 1 amide bonds. The summed E-state index contributed by atoms with van der Waals surface area (Å²) in [6.45, 7) is 4.75. The van der Waals surface area contributed by atoms with Crippen LogP contribution in [0.4, 0.5) is 0 Å². The fraction of sp³-hybridized carbons (Fsp3) is 0.562. The third-order valence-electron chi connectivity index (χ3n) is 5.47. The first-order chi connectivity index (χ1) is 8.52. The molecule has 18 heavy (non-hydrogen) atoms. The van der Waals surface area contributed by atoms with E-state index in [-0.39, 0.29) is 11.3 Å². The van der Waals surface area contributed by atoms with Crippen LogP contribution in [0.15, 0.2) is 18.2 Å². The number of nitrogens with two attached hydrogens (primary N) is 1. The van der Waals surface area contributed by atoms with Crippen molar-refractivity contribution in [2.24, 2.45) is 17.6 Å². The Bertz CT molecular complexity index is 508. The van der Waals surface area contributed by atoms with Crippen molar-refractivity contribution in [3.63, 3.8) is 0 Å². The molecule has 0 saturated heterocycles. The molecule has 0 radical (unpaired) electrons. The van der Waals surface area contributed by atoms with Crippen molar-refractivity contribution in [2.75, 3.05) is 0 Å². The topological polar surface area (TPSA) is 43.1 Å². The van der Waals surface area contributed by atoms with Gasteiger partial charge in [0.25, 0.3) is 0 Å². The summed E-state index contributed by atoms with van der Waals surface area (Å²) in [4.78, 5) is 11.4. The van der Waals surface area contributed by atoms with Gasteiger partial charge in [0.15, 0.2) is 0 Å². The number of hydrogen-bond donors (Lipinski definition) is 1. The molecule has 0 heterocycles. The lowest BCUT2D eigenvalue weighted by Crippen LogP contribution is -2.44. The van der Waals surface area contributed by atoms with Gasteiger partial charge in [0.1, 0.15) is 0 Å². The Morgan fingerprint density at radius 3 is 2.94 bits per heavy atom. The van der Waals surface area contributed by atoms with Gasteiger partial charge in [0, 0.05) is 5.56 Å². The average Bonchev–Trinajstić information content (AvgIpc) is 2.33. The number of hydrogen-bond acceptors (Lipinski definition) is 1. The molecule has 3 atom stereocenters.